The van der Waals surface area contributed by atoms with Crippen molar-refractivity contribution in [2.45, 2.75) is 32.4 Å². The topological polar surface area (TPSA) is 94.7 Å². The van der Waals surface area contributed by atoms with Gasteiger partial charge in [0.2, 0.25) is 0 Å². The zero-order valence-electron chi connectivity index (χ0n) is 15.8. The van der Waals surface area contributed by atoms with Crippen LogP contribution < -0.4 is 11.1 Å². The first-order valence-electron chi connectivity index (χ1n) is 9.22. The number of carbonyl (C=O) groups excluding carboxylic acids is 1. The van der Waals surface area contributed by atoms with Gasteiger partial charge in [0.25, 0.3) is 0 Å². The van der Waals surface area contributed by atoms with E-state index in [1.165, 1.54) is 16.9 Å². The number of nitrogens with one attached hydrogen (secondary N) is 1. The molecule has 7 nitrogen and oxygen atoms in total. The molecule has 1 fully saturated rings. The van der Waals surface area contributed by atoms with Crippen LogP contribution in [0.15, 0.2) is 29.8 Å². The van der Waals surface area contributed by atoms with E-state index in [9.17, 15) is 9.90 Å². The number of amides is 2. The second-order valence-corrected chi connectivity index (χ2v) is 7.95. The summed E-state index contributed by atoms with van der Waals surface area (Å²) < 4.78 is 0. The molecule has 0 saturated carbocycles. The molecule has 1 aliphatic heterocycles. The molecule has 4 N–H and O–H groups in total. The Kier molecular flexibility index (Phi) is 6.30. The number of rotatable bonds is 4. The van der Waals surface area contributed by atoms with Gasteiger partial charge < -0.3 is 21.1 Å². The number of nitrogens with two attached hydrogens (primary N) is 1. The maximum Gasteiger partial charge on any atom is 0.321 e. The predicted octanol–water partition coefficient (Wildman–Crippen LogP) is 3.08. The summed E-state index contributed by atoms with van der Waals surface area (Å²) in [7, 11) is 0. The molecule has 0 spiro atoms. The van der Waals surface area contributed by atoms with Gasteiger partial charge in [-0.25, -0.2) is 9.78 Å². The first-order chi connectivity index (χ1) is 13.0. The minimum Gasteiger partial charge on any atom is -0.383 e. The van der Waals surface area contributed by atoms with Crippen LogP contribution >= 0.6 is 11.3 Å². The van der Waals surface area contributed by atoms with Crippen LogP contribution in [0.3, 0.4) is 0 Å². The summed E-state index contributed by atoms with van der Waals surface area (Å²) in [5.41, 5.74) is 9.49. The Morgan fingerprint density at radius 3 is 2.59 bits per heavy atom. The van der Waals surface area contributed by atoms with Crippen molar-refractivity contribution in [1.29, 1.82) is 0 Å². The number of hydrogen-bond donors (Lipinski definition) is 3. The highest BCUT2D eigenvalue weighted by Crippen LogP contribution is 2.27. The molecule has 2 amide bonds. The lowest BCUT2D eigenvalue weighted by atomic mass is 10.0. The smallest absolute Gasteiger partial charge is 0.321 e. The third-order valence-electron chi connectivity index (χ3n) is 4.85. The maximum atomic E-state index is 12.6. The lowest BCUT2D eigenvalue weighted by Crippen LogP contribution is -2.38. The number of nitrogens with zero attached hydrogens (tertiary/aromatic N) is 3. The van der Waals surface area contributed by atoms with Gasteiger partial charge in [0.05, 0.1) is 10.4 Å². The summed E-state index contributed by atoms with van der Waals surface area (Å²) in [5.74, 6) is 0.835. The largest absolute Gasteiger partial charge is 0.383 e. The molecule has 27 heavy (non-hydrogen) atoms. The number of urea groups is 1. The molecule has 1 saturated heterocycles. The second-order valence-electron chi connectivity index (χ2n) is 7.06. The van der Waals surface area contributed by atoms with Crippen LogP contribution in [0, 0.1) is 0 Å². The van der Waals surface area contributed by atoms with Gasteiger partial charge in [-0.3, -0.25) is 4.90 Å². The van der Waals surface area contributed by atoms with Gasteiger partial charge in [0, 0.05) is 31.9 Å². The van der Waals surface area contributed by atoms with E-state index in [2.05, 4.69) is 24.1 Å². The minimum atomic E-state index is -0.774. The van der Waals surface area contributed by atoms with Crippen molar-refractivity contribution in [3.63, 3.8) is 0 Å². The molecule has 1 aliphatic rings. The highest BCUT2D eigenvalue weighted by Gasteiger charge is 2.26. The molecule has 0 bridgehead atoms. The molecule has 146 valence electrons. The lowest BCUT2D eigenvalue weighted by Gasteiger charge is -2.26. The van der Waals surface area contributed by atoms with E-state index in [4.69, 9.17) is 5.73 Å². The Hall–Kier alpha value is -2.16. The zero-order valence-corrected chi connectivity index (χ0v) is 16.6. The Balaban J connectivity index is 1.57. The van der Waals surface area contributed by atoms with E-state index < -0.39 is 6.23 Å². The molecule has 1 aromatic heterocycles. The van der Waals surface area contributed by atoms with Crippen molar-refractivity contribution in [3.8, 4) is 0 Å². The van der Waals surface area contributed by atoms with Crippen molar-refractivity contribution < 1.29 is 9.90 Å². The quantitative estimate of drug-likeness (QED) is 0.747. The summed E-state index contributed by atoms with van der Waals surface area (Å²) in [4.78, 5) is 21.0. The van der Waals surface area contributed by atoms with Crippen LogP contribution in [0.5, 0.6) is 0 Å². The monoisotopic (exact) mass is 389 g/mol. The fourth-order valence-electron chi connectivity index (χ4n) is 3.16. The number of thiazole rings is 1. The molecule has 1 aromatic carbocycles. The average molecular weight is 390 g/mol. The fraction of sp³-hybridized carbons (Fsp3) is 0.474. The van der Waals surface area contributed by atoms with Gasteiger partial charge in [0.15, 0.2) is 0 Å². The van der Waals surface area contributed by atoms with Crippen molar-refractivity contribution in [1.82, 2.24) is 14.8 Å². The number of carbonyl (C=O) groups is 1. The predicted molar refractivity (Wildman–Crippen MR) is 109 cm³/mol. The number of aromatic nitrogens is 1. The van der Waals surface area contributed by atoms with Gasteiger partial charge >= 0.3 is 6.03 Å². The first kappa shape index (κ1) is 19.6. The Morgan fingerprint density at radius 1 is 1.22 bits per heavy atom. The molecule has 2 aromatic rings. The Bertz CT molecular complexity index is 762. The number of aliphatic hydroxyl groups excluding tert-OH is 1. The third kappa shape index (κ3) is 4.77. The van der Waals surface area contributed by atoms with E-state index in [1.54, 1.807) is 10.4 Å². The van der Waals surface area contributed by atoms with E-state index in [-0.39, 0.29) is 6.03 Å². The molecule has 0 aliphatic carbocycles. The lowest BCUT2D eigenvalue weighted by molar-refractivity contribution is 0.00829. The van der Waals surface area contributed by atoms with Crippen molar-refractivity contribution >= 4 is 28.9 Å². The summed E-state index contributed by atoms with van der Waals surface area (Å²) in [6.45, 7) is 6.77. The highest BCUT2D eigenvalue weighted by molar-refractivity contribution is 7.10. The van der Waals surface area contributed by atoms with Crippen LogP contribution in [-0.4, -0.2) is 52.1 Å². The zero-order chi connectivity index (χ0) is 19.4. The van der Waals surface area contributed by atoms with Gasteiger partial charge in [-0.15, -0.1) is 11.3 Å². The first-order valence-corrected chi connectivity index (χ1v) is 10.1. The molecule has 0 radical (unpaired) electrons. The van der Waals surface area contributed by atoms with Crippen LogP contribution in [0.2, 0.25) is 0 Å². The van der Waals surface area contributed by atoms with Crippen molar-refractivity contribution in [2.75, 3.05) is 37.2 Å². The number of benzene rings is 1. The number of aliphatic hydroxyl groups is 1. The van der Waals surface area contributed by atoms with E-state index in [0.29, 0.717) is 42.8 Å². The minimum absolute atomic E-state index is 0.110. The summed E-state index contributed by atoms with van der Waals surface area (Å²) in [6.07, 6.45) is 0.0132. The molecule has 8 heteroatoms. The summed E-state index contributed by atoms with van der Waals surface area (Å²) in [5, 5.41) is 13.5. The third-order valence-corrected chi connectivity index (χ3v) is 5.74. The molecule has 1 atom stereocenters. The number of anilines is 2. The van der Waals surface area contributed by atoms with Crippen LogP contribution in [0.4, 0.5) is 16.3 Å². The van der Waals surface area contributed by atoms with Crippen LogP contribution in [-0.2, 0) is 0 Å². The molecular weight excluding hydrogens is 362 g/mol. The molecule has 1 unspecified atom stereocenters. The average Bonchev–Trinajstić information content (AvgIpc) is 2.92. The Labute approximate surface area is 163 Å². The van der Waals surface area contributed by atoms with Gasteiger partial charge in [-0.1, -0.05) is 26.0 Å². The fourth-order valence-corrected chi connectivity index (χ4v) is 3.89. The Morgan fingerprint density at radius 2 is 1.96 bits per heavy atom. The maximum absolute atomic E-state index is 12.6. The van der Waals surface area contributed by atoms with Crippen LogP contribution in [0.25, 0.3) is 0 Å². The van der Waals surface area contributed by atoms with Gasteiger partial charge in [-0.05, 0) is 30.0 Å². The summed E-state index contributed by atoms with van der Waals surface area (Å²) in [6, 6.07) is 7.85. The van der Waals surface area contributed by atoms with Gasteiger partial charge in [0.1, 0.15) is 12.0 Å². The van der Waals surface area contributed by atoms with E-state index in [1.807, 2.05) is 29.2 Å². The SMILES string of the molecule is CC(C)c1ccc(NC(=O)N2CCCN(C(O)c3scnc3N)CC2)cc1. The van der Waals surface area contributed by atoms with E-state index >= 15 is 0 Å². The number of nitrogen functional groups attached to an aromatic ring is 1. The summed E-state index contributed by atoms with van der Waals surface area (Å²) >= 11 is 1.35. The van der Waals surface area contributed by atoms with E-state index in [0.717, 1.165) is 12.1 Å². The van der Waals surface area contributed by atoms with Crippen molar-refractivity contribution in [3.05, 3.63) is 40.2 Å². The standard InChI is InChI=1S/C19H27N5O2S/c1-13(2)14-4-6-15(7-5-14)22-19(26)24-9-3-8-23(10-11-24)18(25)16-17(20)21-12-27-16/h4-7,12-13,18,25H,3,8-11,20H2,1-2H3,(H,22,26). The number of hydrogen-bond acceptors (Lipinski definition) is 6. The van der Waals surface area contributed by atoms with Gasteiger partial charge in [-0.2, -0.15) is 0 Å². The highest BCUT2D eigenvalue weighted by atomic mass is 32.1. The van der Waals surface area contributed by atoms with Crippen molar-refractivity contribution in [2.24, 2.45) is 0 Å². The second kappa shape index (κ2) is 8.69. The molecule has 2 heterocycles. The van der Waals surface area contributed by atoms with Crippen LogP contribution in [0.1, 0.15) is 42.9 Å². The molecule has 3 rings (SSSR count). The normalized spacial score (nSPS) is 17.0. The molecular formula is C19H27N5O2S.